The molecule has 0 aromatic carbocycles. The van der Waals surface area contributed by atoms with Crippen molar-refractivity contribution in [3.8, 4) is 0 Å². The van der Waals surface area contributed by atoms with Crippen LogP contribution in [0.4, 0.5) is 0 Å². The van der Waals surface area contributed by atoms with Gasteiger partial charge in [0, 0.05) is 0 Å². The lowest BCUT2D eigenvalue weighted by molar-refractivity contribution is -0.120. The van der Waals surface area contributed by atoms with Gasteiger partial charge in [0.25, 0.3) is 0 Å². The summed E-state index contributed by atoms with van der Waals surface area (Å²) in [6.07, 6.45) is -3.91. The zero-order valence-corrected chi connectivity index (χ0v) is 10.5. The van der Waals surface area contributed by atoms with Gasteiger partial charge in [0.05, 0.1) is 12.8 Å². The molecule has 0 bridgehead atoms. The molecule has 0 aliphatic carbocycles. The minimum absolute atomic E-state index is 0.0318. The van der Waals surface area contributed by atoms with Gasteiger partial charge in [-0.05, 0) is 6.42 Å². The van der Waals surface area contributed by atoms with E-state index in [0.717, 1.165) is 6.42 Å². The summed E-state index contributed by atoms with van der Waals surface area (Å²) in [6.45, 7) is 1.37. The maximum Gasteiger partial charge on any atom is 0.330 e. The van der Waals surface area contributed by atoms with E-state index in [1.165, 1.54) is 0 Å². The van der Waals surface area contributed by atoms with Crippen LogP contribution in [0.15, 0.2) is 0 Å². The minimum atomic E-state index is -3.84. The lowest BCUT2D eigenvalue weighted by Crippen LogP contribution is -2.34. The number of unbranched alkanes of at least 4 members (excludes halogenated alkanes) is 1. The van der Waals surface area contributed by atoms with E-state index in [0.29, 0.717) is 6.42 Å². The molecule has 1 fully saturated rings. The molecule has 1 aliphatic heterocycles. The Morgan fingerprint density at radius 3 is 2.47 bits per heavy atom. The molecule has 1 rings (SSSR count). The van der Waals surface area contributed by atoms with Crippen LogP contribution in [0.5, 0.6) is 0 Å². The summed E-state index contributed by atoms with van der Waals surface area (Å²) in [7, 11) is -3.84. The van der Waals surface area contributed by atoms with E-state index in [1.54, 1.807) is 0 Å². The Morgan fingerprint density at radius 1 is 1.35 bits per heavy atom. The van der Waals surface area contributed by atoms with Gasteiger partial charge in [-0.3, -0.25) is 9.09 Å². The molecule has 5 atom stereocenters. The molecule has 1 saturated heterocycles. The lowest BCUT2D eigenvalue weighted by atomic mass is 10.1. The Balaban J connectivity index is 2.54. The predicted octanol–water partition coefficient (Wildman–Crippen LogP) is -0.572. The fourth-order valence-corrected chi connectivity index (χ4v) is 2.85. The molecule has 1 unspecified atom stereocenters. The molecule has 8 heteroatoms. The highest BCUT2D eigenvalue weighted by Gasteiger charge is 2.45. The number of hydrogen-bond donors (Lipinski definition) is 4. The predicted molar refractivity (Wildman–Crippen MR) is 58.4 cm³/mol. The van der Waals surface area contributed by atoms with Crippen molar-refractivity contribution in [2.24, 2.45) is 0 Å². The van der Waals surface area contributed by atoms with E-state index in [2.05, 4.69) is 0 Å². The molecule has 7 nitrogen and oxygen atoms in total. The second kappa shape index (κ2) is 6.24. The summed E-state index contributed by atoms with van der Waals surface area (Å²) < 4.78 is 21.3. The van der Waals surface area contributed by atoms with Crippen LogP contribution in [0.25, 0.3) is 0 Å². The zero-order valence-electron chi connectivity index (χ0n) is 9.60. The Bertz CT molecular complexity index is 285. The zero-order chi connectivity index (χ0) is 13.1. The van der Waals surface area contributed by atoms with Crippen LogP contribution in [0.3, 0.4) is 0 Å². The summed E-state index contributed by atoms with van der Waals surface area (Å²) in [5.41, 5.74) is 0. The highest BCUT2D eigenvalue weighted by Crippen LogP contribution is 2.46. The van der Waals surface area contributed by atoms with Gasteiger partial charge in [0.2, 0.25) is 0 Å². The average Bonchev–Trinajstić information content (AvgIpc) is 2.54. The molecule has 1 aliphatic rings. The molecule has 4 N–H and O–H groups in total. The molecule has 0 saturated carbocycles. The molecule has 102 valence electrons. The largest absolute Gasteiger partial charge is 0.394 e. The van der Waals surface area contributed by atoms with Gasteiger partial charge < -0.3 is 24.9 Å². The monoisotopic (exact) mass is 270 g/mol. The van der Waals surface area contributed by atoms with E-state index in [1.807, 2.05) is 6.92 Å². The van der Waals surface area contributed by atoms with Gasteiger partial charge in [-0.1, -0.05) is 13.3 Å². The maximum absolute atomic E-state index is 11.6. The van der Waals surface area contributed by atoms with Crippen molar-refractivity contribution in [3.05, 3.63) is 0 Å². The second-order valence-electron chi connectivity index (χ2n) is 4.03. The third-order valence-corrected chi connectivity index (χ3v) is 3.98. The number of aliphatic hydroxyl groups excluding tert-OH is 3. The number of hydrogen-bond acceptors (Lipinski definition) is 6. The van der Waals surface area contributed by atoms with Gasteiger partial charge in [-0.15, -0.1) is 0 Å². The van der Waals surface area contributed by atoms with Crippen LogP contribution in [-0.2, 0) is 13.8 Å². The molecule has 0 radical (unpaired) electrons. The van der Waals surface area contributed by atoms with Crippen LogP contribution in [0, 0.1) is 0 Å². The van der Waals surface area contributed by atoms with E-state index in [4.69, 9.17) is 14.4 Å². The topological polar surface area (TPSA) is 116 Å². The van der Waals surface area contributed by atoms with Gasteiger partial charge in [0.1, 0.15) is 18.3 Å². The number of aliphatic hydroxyl groups is 3. The Labute approximate surface area is 99.5 Å². The van der Waals surface area contributed by atoms with Crippen molar-refractivity contribution in [1.82, 2.24) is 0 Å². The van der Waals surface area contributed by atoms with Crippen molar-refractivity contribution in [1.29, 1.82) is 0 Å². The minimum Gasteiger partial charge on any atom is -0.394 e. The smallest absolute Gasteiger partial charge is 0.330 e. The first-order valence-corrected chi connectivity index (χ1v) is 7.30. The molecule has 0 aromatic rings. The summed E-state index contributed by atoms with van der Waals surface area (Å²) in [5.74, 6) is 0. The van der Waals surface area contributed by atoms with E-state index >= 15 is 0 Å². The van der Waals surface area contributed by atoms with E-state index in [9.17, 15) is 19.7 Å². The third kappa shape index (κ3) is 3.99. The van der Waals surface area contributed by atoms with Crippen LogP contribution in [0.2, 0.25) is 0 Å². The fourth-order valence-electron chi connectivity index (χ4n) is 1.53. The molecule has 0 amide bonds. The van der Waals surface area contributed by atoms with Gasteiger partial charge >= 0.3 is 7.60 Å². The van der Waals surface area contributed by atoms with Gasteiger partial charge in [-0.2, -0.15) is 0 Å². The first-order valence-electron chi connectivity index (χ1n) is 5.54. The van der Waals surface area contributed by atoms with E-state index in [-0.39, 0.29) is 6.16 Å². The van der Waals surface area contributed by atoms with Crippen molar-refractivity contribution in [2.45, 2.75) is 44.4 Å². The third-order valence-electron chi connectivity index (χ3n) is 2.56. The molecule has 17 heavy (non-hydrogen) atoms. The summed E-state index contributed by atoms with van der Waals surface area (Å²) in [4.78, 5) is 9.47. The van der Waals surface area contributed by atoms with Crippen LogP contribution in [-0.4, -0.2) is 57.6 Å². The van der Waals surface area contributed by atoms with Crippen molar-refractivity contribution in [3.63, 3.8) is 0 Å². The Kier molecular flexibility index (Phi) is 5.53. The second-order valence-corrected chi connectivity index (χ2v) is 5.96. The SMILES string of the molecule is CCCCP(=O)(O)O[C@H]1O[C@H](CO)[C@@H](O)[C@H]1O. The van der Waals surface area contributed by atoms with Crippen molar-refractivity contribution in [2.75, 3.05) is 12.8 Å². The van der Waals surface area contributed by atoms with Gasteiger partial charge in [-0.25, -0.2) is 0 Å². The van der Waals surface area contributed by atoms with Crippen LogP contribution < -0.4 is 0 Å². The van der Waals surface area contributed by atoms with Crippen molar-refractivity contribution < 1.29 is 34.0 Å². The molecule has 0 spiro atoms. The van der Waals surface area contributed by atoms with Crippen LogP contribution in [0.1, 0.15) is 19.8 Å². The summed E-state index contributed by atoms with van der Waals surface area (Å²) in [5, 5.41) is 27.7. The normalized spacial score (nSPS) is 37.0. The average molecular weight is 270 g/mol. The summed E-state index contributed by atoms with van der Waals surface area (Å²) >= 11 is 0. The number of rotatable bonds is 6. The Morgan fingerprint density at radius 2 is 2.00 bits per heavy atom. The Hall–Kier alpha value is -0.0100. The van der Waals surface area contributed by atoms with E-state index < -0.39 is 38.8 Å². The standard InChI is InChI=1S/C9H19O7P/c1-2-3-4-17(13,14)16-9-8(12)7(11)6(5-10)15-9/h6-12H,2-5H2,1H3,(H,13,14)/t6-,7-,8-,9-/m1/s1. The fraction of sp³-hybridized carbons (Fsp3) is 1.00. The number of ether oxygens (including phenoxy) is 1. The quantitative estimate of drug-likeness (QED) is 0.477. The first kappa shape index (κ1) is 15.0. The first-order chi connectivity index (χ1) is 7.91. The maximum atomic E-state index is 11.6. The molecular formula is C9H19O7P. The summed E-state index contributed by atoms with van der Waals surface area (Å²) in [6, 6.07) is 0. The molecule has 1 heterocycles. The van der Waals surface area contributed by atoms with Crippen molar-refractivity contribution >= 4 is 7.60 Å². The highest BCUT2D eigenvalue weighted by molar-refractivity contribution is 7.52. The van der Waals surface area contributed by atoms with Crippen LogP contribution >= 0.6 is 7.60 Å². The van der Waals surface area contributed by atoms with Gasteiger partial charge in [0.15, 0.2) is 6.29 Å². The lowest BCUT2D eigenvalue weighted by Gasteiger charge is -2.19. The molecular weight excluding hydrogens is 251 g/mol. The highest BCUT2D eigenvalue weighted by atomic mass is 31.2. The molecule has 0 aromatic heterocycles.